The zero-order valence-electron chi connectivity index (χ0n) is 16.3. The van der Waals surface area contributed by atoms with Crippen molar-refractivity contribution in [1.82, 2.24) is 19.4 Å². The topological polar surface area (TPSA) is 76.3 Å². The summed E-state index contributed by atoms with van der Waals surface area (Å²) in [7, 11) is 5.45. The summed E-state index contributed by atoms with van der Waals surface area (Å²) in [5.74, 6) is 0.149. The van der Waals surface area contributed by atoms with Gasteiger partial charge < -0.3 is 15.0 Å². The van der Waals surface area contributed by atoms with Crippen molar-refractivity contribution < 1.29 is 9.59 Å². The Kier molecular flexibility index (Phi) is 5.79. The van der Waals surface area contributed by atoms with Gasteiger partial charge in [-0.1, -0.05) is 12.1 Å². The number of piperidine rings is 1. The van der Waals surface area contributed by atoms with Crippen LogP contribution >= 0.6 is 0 Å². The smallest absolute Gasteiger partial charge is 0.329 e. The van der Waals surface area contributed by atoms with Crippen LogP contribution in [0.15, 0.2) is 23.0 Å². The number of likely N-dealkylation sites (tertiary alicyclic amines) is 1. The lowest BCUT2D eigenvalue weighted by atomic mass is 9.88. The Morgan fingerprint density at radius 2 is 2.00 bits per heavy atom. The highest BCUT2D eigenvalue weighted by atomic mass is 16.2. The lowest BCUT2D eigenvalue weighted by Gasteiger charge is -2.29. The highest BCUT2D eigenvalue weighted by Gasteiger charge is 2.28. The molecular weight excluding hydrogens is 344 g/mol. The molecule has 1 saturated heterocycles. The summed E-state index contributed by atoms with van der Waals surface area (Å²) in [6.07, 6.45) is 3.43. The van der Waals surface area contributed by atoms with E-state index in [0.717, 1.165) is 43.3 Å². The molecule has 0 bridgehead atoms. The molecule has 0 saturated carbocycles. The number of aryl methyl sites for hydroxylation is 1. The van der Waals surface area contributed by atoms with Gasteiger partial charge in [0.2, 0.25) is 5.91 Å². The van der Waals surface area contributed by atoms with Crippen LogP contribution in [0.25, 0.3) is 11.0 Å². The summed E-state index contributed by atoms with van der Waals surface area (Å²) in [5.41, 5.74) is 2.62. The highest BCUT2D eigenvalue weighted by Crippen LogP contribution is 2.33. The van der Waals surface area contributed by atoms with E-state index in [1.165, 1.54) is 5.56 Å². The molecule has 7 nitrogen and oxygen atoms in total. The second-order valence-corrected chi connectivity index (χ2v) is 7.38. The van der Waals surface area contributed by atoms with E-state index in [4.69, 9.17) is 0 Å². The van der Waals surface area contributed by atoms with E-state index in [2.05, 4.69) is 23.3 Å². The number of carbonyl (C=O) groups excluding carboxylic acids is 2. The monoisotopic (exact) mass is 372 g/mol. The number of hydrogen-bond acceptors (Lipinski definition) is 4. The van der Waals surface area contributed by atoms with Crippen molar-refractivity contribution in [3.63, 3.8) is 0 Å². The Labute approximate surface area is 158 Å². The number of para-hydroxylation sites is 1. The fourth-order valence-electron chi connectivity index (χ4n) is 4.19. The molecule has 1 aliphatic heterocycles. The molecule has 1 aromatic heterocycles. The Morgan fingerprint density at radius 3 is 2.63 bits per heavy atom. The van der Waals surface area contributed by atoms with Crippen molar-refractivity contribution in [3.8, 4) is 0 Å². The molecule has 1 unspecified atom stereocenters. The predicted octanol–water partition coefficient (Wildman–Crippen LogP) is 1.42. The molecule has 3 rings (SSSR count). The molecule has 7 heteroatoms. The summed E-state index contributed by atoms with van der Waals surface area (Å²) in [6.45, 7) is 2.08. The minimum atomic E-state index is -0.691. The predicted molar refractivity (Wildman–Crippen MR) is 105 cm³/mol. The maximum atomic E-state index is 13.0. The number of nitrogens with zero attached hydrogens (tertiary/aromatic N) is 3. The largest absolute Gasteiger partial charge is 0.357 e. The number of rotatable bonds is 6. The summed E-state index contributed by atoms with van der Waals surface area (Å²) in [6, 6.07) is 5.27. The van der Waals surface area contributed by atoms with Gasteiger partial charge in [0.25, 0.3) is 0 Å². The number of carbonyl (C=O) groups is 2. The number of aldehydes is 1. The standard InChI is InChI=1S/C20H28N4O3/c1-21-19(26)17(8-5-13-25)24-16-7-4-6-15(18(16)23(3)20(24)27)14-9-11-22(2)12-10-14/h4,6-7,13-14,17H,5,8-12H2,1-3H3,(H,21,26). The Bertz CT molecular complexity index is 890. The molecule has 1 aliphatic rings. The average molecular weight is 372 g/mol. The minimum Gasteiger partial charge on any atom is -0.357 e. The van der Waals surface area contributed by atoms with Gasteiger partial charge in [-0.15, -0.1) is 0 Å². The number of fused-ring (bicyclic) bond motifs is 1. The molecular formula is C20H28N4O3. The maximum absolute atomic E-state index is 13.0. The van der Waals surface area contributed by atoms with Crippen molar-refractivity contribution in [1.29, 1.82) is 0 Å². The van der Waals surface area contributed by atoms with Gasteiger partial charge in [-0.25, -0.2) is 4.79 Å². The van der Waals surface area contributed by atoms with Crippen molar-refractivity contribution in [2.24, 2.45) is 7.05 Å². The first-order valence-corrected chi connectivity index (χ1v) is 9.53. The van der Waals surface area contributed by atoms with Gasteiger partial charge in [-0.3, -0.25) is 13.9 Å². The van der Waals surface area contributed by atoms with Crippen molar-refractivity contribution >= 4 is 23.2 Å². The second-order valence-electron chi connectivity index (χ2n) is 7.38. The third kappa shape index (κ3) is 3.56. The summed E-state index contributed by atoms with van der Waals surface area (Å²) < 4.78 is 3.20. The lowest BCUT2D eigenvalue weighted by molar-refractivity contribution is -0.124. The Balaban J connectivity index is 2.14. The summed E-state index contributed by atoms with van der Waals surface area (Å²) in [5, 5.41) is 2.63. The molecule has 0 aliphatic carbocycles. The quantitative estimate of drug-likeness (QED) is 0.778. The van der Waals surface area contributed by atoms with E-state index in [-0.39, 0.29) is 18.0 Å². The molecule has 1 aromatic carbocycles. The van der Waals surface area contributed by atoms with Crippen LogP contribution in [0.5, 0.6) is 0 Å². The molecule has 0 spiro atoms. The minimum absolute atomic E-state index is 0.218. The second kappa shape index (κ2) is 8.08. The lowest BCUT2D eigenvalue weighted by Crippen LogP contribution is -2.36. The van der Waals surface area contributed by atoms with Crippen LogP contribution in [-0.2, 0) is 16.6 Å². The number of nitrogens with one attached hydrogen (secondary N) is 1. The summed E-state index contributed by atoms with van der Waals surface area (Å²) >= 11 is 0. The SMILES string of the molecule is CNC(=O)C(CCC=O)n1c(=O)n(C)c2c(C3CCN(C)CC3)cccc21. The van der Waals surface area contributed by atoms with Gasteiger partial charge in [-0.05, 0) is 56.9 Å². The van der Waals surface area contributed by atoms with E-state index in [9.17, 15) is 14.4 Å². The van der Waals surface area contributed by atoms with Crippen molar-refractivity contribution in [3.05, 3.63) is 34.2 Å². The molecule has 146 valence electrons. The number of benzene rings is 1. The molecule has 2 heterocycles. The fourth-order valence-corrected chi connectivity index (χ4v) is 4.19. The van der Waals surface area contributed by atoms with E-state index in [0.29, 0.717) is 12.3 Å². The van der Waals surface area contributed by atoms with Crippen LogP contribution in [0.4, 0.5) is 0 Å². The Morgan fingerprint density at radius 1 is 1.30 bits per heavy atom. The van der Waals surface area contributed by atoms with Gasteiger partial charge in [0.15, 0.2) is 0 Å². The number of hydrogen-bond donors (Lipinski definition) is 1. The van der Waals surface area contributed by atoms with Crippen LogP contribution in [0.3, 0.4) is 0 Å². The van der Waals surface area contributed by atoms with Gasteiger partial charge in [0.05, 0.1) is 11.0 Å². The van der Waals surface area contributed by atoms with Gasteiger partial charge >= 0.3 is 5.69 Å². The number of amides is 1. The van der Waals surface area contributed by atoms with E-state index in [1.807, 2.05) is 12.1 Å². The molecule has 0 radical (unpaired) electrons. The zero-order valence-corrected chi connectivity index (χ0v) is 16.3. The molecule has 1 N–H and O–H groups in total. The molecule has 1 atom stereocenters. The maximum Gasteiger partial charge on any atom is 0.329 e. The normalized spacial score (nSPS) is 17.1. The van der Waals surface area contributed by atoms with Gasteiger partial charge in [-0.2, -0.15) is 0 Å². The first-order chi connectivity index (χ1) is 13.0. The zero-order chi connectivity index (χ0) is 19.6. The third-order valence-electron chi connectivity index (χ3n) is 5.71. The first-order valence-electron chi connectivity index (χ1n) is 9.53. The molecule has 2 aromatic rings. The Hall–Kier alpha value is -2.41. The van der Waals surface area contributed by atoms with Crippen LogP contribution in [-0.4, -0.2) is 53.4 Å². The number of imidazole rings is 1. The van der Waals surface area contributed by atoms with Crippen LogP contribution in [0, 0.1) is 0 Å². The summed E-state index contributed by atoms with van der Waals surface area (Å²) in [4.78, 5) is 38.7. The number of likely N-dealkylation sites (N-methyl/N-ethyl adjacent to an activating group) is 1. The van der Waals surface area contributed by atoms with E-state index < -0.39 is 6.04 Å². The van der Waals surface area contributed by atoms with Crippen molar-refractivity contribution in [2.75, 3.05) is 27.2 Å². The highest BCUT2D eigenvalue weighted by molar-refractivity contribution is 5.85. The van der Waals surface area contributed by atoms with Gasteiger partial charge in [0.1, 0.15) is 12.3 Å². The van der Waals surface area contributed by atoms with Crippen LogP contribution in [0.2, 0.25) is 0 Å². The van der Waals surface area contributed by atoms with Crippen LogP contribution in [0.1, 0.15) is 43.2 Å². The fraction of sp³-hybridized carbons (Fsp3) is 0.550. The van der Waals surface area contributed by atoms with Gasteiger partial charge in [0, 0.05) is 20.5 Å². The third-order valence-corrected chi connectivity index (χ3v) is 5.71. The molecule has 1 amide bonds. The van der Waals surface area contributed by atoms with E-state index in [1.54, 1.807) is 23.2 Å². The molecule has 1 fully saturated rings. The number of aromatic nitrogens is 2. The first kappa shape index (κ1) is 19.4. The van der Waals surface area contributed by atoms with E-state index >= 15 is 0 Å². The average Bonchev–Trinajstić information content (AvgIpc) is 2.94. The van der Waals surface area contributed by atoms with Crippen molar-refractivity contribution in [2.45, 2.75) is 37.6 Å². The molecule has 27 heavy (non-hydrogen) atoms. The van der Waals surface area contributed by atoms with Crippen LogP contribution < -0.4 is 11.0 Å².